The van der Waals surface area contributed by atoms with Gasteiger partial charge >= 0.3 is 5.69 Å². The van der Waals surface area contributed by atoms with Crippen molar-refractivity contribution < 1.29 is 19.2 Å². The van der Waals surface area contributed by atoms with Gasteiger partial charge in [0.25, 0.3) is 17.2 Å². The van der Waals surface area contributed by atoms with E-state index in [1.165, 1.54) is 12.1 Å². The number of nitro groups is 1. The van der Waals surface area contributed by atoms with E-state index in [2.05, 4.69) is 10.3 Å². The molecule has 0 atom stereocenters. The largest absolute Gasteiger partial charge is 0.454 e. The maximum atomic E-state index is 12.8. The normalized spacial score (nSPS) is 11.9. The van der Waals surface area contributed by atoms with Crippen LogP contribution in [-0.2, 0) is 6.54 Å². The van der Waals surface area contributed by atoms with E-state index in [1.54, 1.807) is 18.2 Å². The first-order chi connectivity index (χ1) is 14.8. The van der Waals surface area contributed by atoms with E-state index >= 15 is 0 Å². The third-order valence-electron chi connectivity index (χ3n) is 4.48. The summed E-state index contributed by atoms with van der Waals surface area (Å²) in [6.07, 6.45) is 0.987. The van der Waals surface area contributed by atoms with Crippen LogP contribution < -0.4 is 26.0 Å². The van der Waals surface area contributed by atoms with Crippen LogP contribution >= 0.6 is 11.6 Å². The number of benzene rings is 2. The van der Waals surface area contributed by atoms with Gasteiger partial charge in [0.05, 0.1) is 11.5 Å². The lowest BCUT2D eigenvalue weighted by Gasteiger charge is -2.09. The van der Waals surface area contributed by atoms with Crippen molar-refractivity contribution in [3.05, 3.63) is 89.7 Å². The molecule has 158 valence electrons. The predicted octanol–water partition coefficient (Wildman–Crippen LogP) is 2.13. The van der Waals surface area contributed by atoms with Crippen molar-refractivity contribution in [3.63, 3.8) is 0 Å². The molecule has 1 aliphatic heterocycles. The summed E-state index contributed by atoms with van der Waals surface area (Å²) in [4.78, 5) is 50.2. The van der Waals surface area contributed by atoms with Gasteiger partial charge in [-0.15, -0.1) is 0 Å². The minimum atomic E-state index is -0.850. The Morgan fingerprint density at radius 1 is 1.19 bits per heavy atom. The number of H-pyrrole nitrogens is 1. The van der Waals surface area contributed by atoms with E-state index in [-0.39, 0.29) is 29.6 Å². The van der Waals surface area contributed by atoms with E-state index in [0.717, 1.165) is 16.8 Å². The molecule has 0 fully saturated rings. The summed E-state index contributed by atoms with van der Waals surface area (Å²) in [5.74, 6) is 0.188. The third-order valence-corrected chi connectivity index (χ3v) is 4.80. The summed E-state index contributed by atoms with van der Waals surface area (Å²) in [5, 5.41) is 13.3. The highest BCUT2D eigenvalue weighted by atomic mass is 35.5. The number of anilines is 1. The van der Waals surface area contributed by atoms with Crippen molar-refractivity contribution in [2.45, 2.75) is 6.54 Å². The molecule has 2 N–H and O–H groups in total. The summed E-state index contributed by atoms with van der Waals surface area (Å²) in [6, 6.07) is 8.62. The van der Waals surface area contributed by atoms with E-state index in [9.17, 15) is 24.5 Å². The number of carbonyl (C=O) groups excluding carboxylic acids is 1. The van der Waals surface area contributed by atoms with Gasteiger partial charge < -0.3 is 19.8 Å². The number of hydrogen-bond acceptors (Lipinski definition) is 7. The highest BCUT2D eigenvalue weighted by Crippen LogP contribution is 2.32. The third kappa shape index (κ3) is 3.98. The summed E-state index contributed by atoms with van der Waals surface area (Å²) < 4.78 is 11.4. The number of nitro benzene ring substituents is 1. The Morgan fingerprint density at radius 3 is 2.74 bits per heavy atom. The molecule has 0 unspecified atom stereocenters. The molecule has 0 bridgehead atoms. The fourth-order valence-corrected chi connectivity index (χ4v) is 3.15. The van der Waals surface area contributed by atoms with Gasteiger partial charge in [-0.25, -0.2) is 4.79 Å². The zero-order valence-electron chi connectivity index (χ0n) is 15.6. The van der Waals surface area contributed by atoms with Gasteiger partial charge in [-0.3, -0.25) is 24.3 Å². The number of carbonyl (C=O) groups is 1. The second-order valence-electron chi connectivity index (χ2n) is 6.46. The van der Waals surface area contributed by atoms with Gasteiger partial charge in [0, 0.05) is 18.0 Å². The molecule has 0 saturated heterocycles. The van der Waals surface area contributed by atoms with Crippen LogP contribution in [0, 0.1) is 10.1 Å². The van der Waals surface area contributed by atoms with Crippen molar-refractivity contribution in [3.8, 4) is 11.5 Å². The number of nitrogens with zero attached hydrogens (tertiary/aromatic N) is 2. The van der Waals surface area contributed by atoms with Crippen LogP contribution in [0.3, 0.4) is 0 Å². The van der Waals surface area contributed by atoms with Crippen LogP contribution in [0.15, 0.2) is 52.2 Å². The van der Waals surface area contributed by atoms with E-state index in [0.29, 0.717) is 17.1 Å². The molecule has 0 saturated carbocycles. The average molecular weight is 445 g/mol. The quantitative estimate of drug-likeness (QED) is 0.452. The maximum absolute atomic E-state index is 12.8. The first kappa shape index (κ1) is 20.2. The lowest BCUT2D eigenvalue weighted by atomic mass is 10.2. The van der Waals surface area contributed by atoms with Crippen LogP contribution in [0.4, 0.5) is 11.4 Å². The minimum absolute atomic E-state index is 0.0639. The molecule has 11 nitrogen and oxygen atoms in total. The topological polar surface area (TPSA) is 146 Å². The molecule has 31 heavy (non-hydrogen) atoms. The smallest absolute Gasteiger partial charge is 0.328 e. The second-order valence-corrected chi connectivity index (χ2v) is 6.87. The Balaban J connectivity index is 1.62. The van der Waals surface area contributed by atoms with Gasteiger partial charge in [-0.2, -0.15) is 0 Å². The molecule has 1 aromatic heterocycles. The molecule has 12 heteroatoms. The number of aromatic amines is 1. The van der Waals surface area contributed by atoms with Crippen molar-refractivity contribution in [2.24, 2.45) is 0 Å². The monoisotopic (exact) mass is 444 g/mol. The van der Waals surface area contributed by atoms with Crippen molar-refractivity contribution in [2.75, 3.05) is 12.1 Å². The van der Waals surface area contributed by atoms with Gasteiger partial charge in [-0.1, -0.05) is 17.7 Å². The lowest BCUT2D eigenvalue weighted by Crippen LogP contribution is -2.39. The number of rotatable bonds is 5. The molecule has 0 spiro atoms. The second kappa shape index (κ2) is 7.95. The number of fused-ring (bicyclic) bond motifs is 1. The molecule has 0 aliphatic carbocycles. The van der Waals surface area contributed by atoms with Gasteiger partial charge in [0.15, 0.2) is 11.5 Å². The minimum Gasteiger partial charge on any atom is -0.454 e. The highest BCUT2D eigenvalue weighted by Gasteiger charge is 2.19. The van der Waals surface area contributed by atoms with Gasteiger partial charge in [0.1, 0.15) is 10.6 Å². The zero-order valence-corrected chi connectivity index (χ0v) is 16.3. The number of amides is 1. The molecule has 4 rings (SSSR count). The first-order valence-electron chi connectivity index (χ1n) is 8.80. The average Bonchev–Trinajstić information content (AvgIpc) is 3.20. The number of aromatic nitrogens is 2. The summed E-state index contributed by atoms with van der Waals surface area (Å²) in [5.41, 5.74) is -1.64. The maximum Gasteiger partial charge on any atom is 0.328 e. The Hall–Kier alpha value is -4.12. The van der Waals surface area contributed by atoms with Crippen molar-refractivity contribution in [1.29, 1.82) is 0 Å². The van der Waals surface area contributed by atoms with E-state index < -0.39 is 27.8 Å². The molecule has 3 aromatic rings. The van der Waals surface area contributed by atoms with Gasteiger partial charge in [0.2, 0.25) is 6.79 Å². The number of nitrogens with one attached hydrogen (secondary N) is 2. The number of ether oxygens (including phenoxy) is 2. The fraction of sp³-hybridized carbons (Fsp3) is 0.105. The van der Waals surface area contributed by atoms with Crippen LogP contribution in [-0.4, -0.2) is 27.2 Å². The van der Waals surface area contributed by atoms with Crippen molar-refractivity contribution >= 4 is 28.9 Å². The molecule has 0 radical (unpaired) electrons. The Labute approximate surface area is 178 Å². The Morgan fingerprint density at radius 2 is 1.97 bits per heavy atom. The molecular weight excluding hydrogens is 432 g/mol. The van der Waals surface area contributed by atoms with Crippen LogP contribution in [0.25, 0.3) is 0 Å². The van der Waals surface area contributed by atoms with E-state index in [4.69, 9.17) is 21.1 Å². The van der Waals surface area contributed by atoms with Gasteiger partial charge in [-0.05, 0) is 29.8 Å². The SMILES string of the molecule is O=C(Nc1ccc(Cl)c([N+](=O)[O-])c1)c1c[nH]c(=O)n(Cc2ccc3c(c2)OCO3)c1=O. The highest BCUT2D eigenvalue weighted by molar-refractivity contribution is 6.32. The van der Waals surface area contributed by atoms with Crippen LogP contribution in [0.5, 0.6) is 11.5 Å². The first-order valence-corrected chi connectivity index (χ1v) is 9.17. The van der Waals surface area contributed by atoms with Crippen molar-refractivity contribution in [1.82, 2.24) is 9.55 Å². The van der Waals surface area contributed by atoms with Crippen LogP contribution in [0.2, 0.25) is 5.02 Å². The fourth-order valence-electron chi connectivity index (χ4n) is 2.97. The molecular formula is C19H13ClN4O7. The zero-order chi connectivity index (χ0) is 22.1. The summed E-state index contributed by atoms with van der Waals surface area (Å²) in [6.45, 7) is -0.0316. The Kier molecular flexibility index (Phi) is 5.17. The van der Waals surface area contributed by atoms with Crippen LogP contribution in [0.1, 0.15) is 15.9 Å². The van der Waals surface area contributed by atoms with E-state index in [1.807, 2.05) is 0 Å². The number of hydrogen-bond donors (Lipinski definition) is 2. The summed E-state index contributed by atoms with van der Waals surface area (Å²) in [7, 11) is 0. The molecule has 2 aromatic carbocycles. The molecule has 1 amide bonds. The predicted molar refractivity (Wildman–Crippen MR) is 109 cm³/mol. The Bertz CT molecular complexity index is 1330. The lowest BCUT2D eigenvalue weighted by molar-refractivity contribution is -0.384. The molecule has 1 aliphatic rings. The standard InChI is InChI=1S/C19H13ClN4O7/c20-13-3-2-11(6-14(13)24(28)29)22-17(25)12-7-21-19(27)23(18(12)26)8-10-1-4-15-16(5-10)31-9-30-15/h1-7H,8-9H2,(H,21,27)(H,22,25). The molecule has 2 heterocycles. The number of halogens is 1. The summed E-state index contributed by atoms with van der Waals surface area (Å²) >= 11 is 5.76.